The van der Waals surface area contributed by atoms with E-state index in [-0.39, 0.29) is 17.5 Å². The molecule has 2 aromatic rings. The maximum absolute atomic E-state index is 9.90. The number of ether oxygens (including phenoxy) is 2. The van der Waals surface area contributed by atoms with E-state index in [0.717, 1.165) is 41.8 Å². The fourth-order valence-electron chi connectivity index (χ4n) is 3.27. The van der Waals surface area contributed by atoms with Gasteiger partial charge in [-0.15, -0.1) is 0 Å². The highest BCUT2D eigenvalue weighted by Crippen LogP contribution is 2.38. The summed E-state index contributed by atoms with van der Waals surface area (Å²) in [5.74, 6) is 1.85. The average molecular weight is 357 g/mol. The zero-order valence-corrected chi connectivity index (χ0v) is 15.6. The van der Waals surface area contributed by atoms with E-state index in [1.54, 1.807) is 19.2 Å². The van der Waals surface area contributed by atoms with Crippen LogP contribution in [0.5, 0.6) is 23.0 Å². The number of aromatic hydroxyl groups is 2. The number of nitrogens with one attached hydrogen (secondary N) is 1. The van der Waals surface area contributed by atoms with Crippen LogP contribution in [0.2, 0.25) is 0 Å². The lowest BCUT2D eigenvalue weighted by atomic mass is 9.89. The molecule has 0 bridgehead atoms. The molecule has 0 radical (unpaired) electrons. The van der Waals surface area contributed by atoms with E-state index in [1.165, 1.54) is 0 Å². The van der Waals surface area contributed by atoms with E-state index < -0.39 is 0 Å². The number of methoxy groups -OCH3 is 1. The second kappa shape index (κ2) is 7.87. The Bertz CT molecular complexity index is 773. The molecule has 140 valence electrons. The van der Waals surface area contributed by atoms with E-state index in [0.29, 0.717) is 18.3 Å². The first kappa shape index (κ1) is 18.4. The van der Waals surface area contributed by atoms with Crippen molar-refractivity contribution in [3.05, 3.63) is 47.0 Å². The van der Waals surface area contributed by atoms with Crippen LogP contribution >= 0.6 is 0 Å². The maximum Gasteiger partial charge on any atom is 0.161 e. The van der Waals surface area contributed by atoms with Gasteiger partial charge in [0, 0.05) is 6.54 Å². The van der Waals surface area contributed by atoms with Gasteiger partial charge in [0.25, 0.3) is 0 Å². The highest BCUT2D eigenvalue weighted by Gasteiger charge is 2.24. The zero-order chi connectivity index (χ0) is 18.7. The van der Waals surface area contributed by atoms with Gasteiger partial charge < -0.3 is 25.0 Å². The number of phenols is 2. The van der Waals surface area contributed by atoms with Gasteiger partial charge in [0.1, 0.15) is 0 Å². The van der Waals surface area contributed by atoms with Crippen molar-refractivity contribution < 1.29 is 19.7 Å². The first-order valence-electron chi connectivity index (χ1n) is 9.08. The molecule has 0 saturated heterocycles. The molecule has 0 aliphatic carbocycles. The molecule has 1 aliphatic rings. The molecule has 0 aromatic heterocycles. The molecule has 3 rings (SSSR count). The molecular weight excluding hydrogens is 330 g/mol. The standard InChI is InChI=1S/C21H27NO4/c1-13(2)7-9-26-19-5-4-15(11-20(19)25-3)21-16-12-18(24)17(23)10-14(16)6-8-22-21/h4-5,10-13,21-24H,6-9H2,1-3H3. The van der Waals surface area contributed by atoms with Crippen molar-refractivity contribution in [1.29, 1.82) is 0 Å². The number of phenolic OH excluding ortho intramolecular Hbond substituents is 2. The van der Waals surface area contributed by atoms with E-state index >= 15 is 0 Å². The summed E-state index contributed by atoms with van der Waals surface area (Å²) in [5, 5.41) is 23.1. The minimum atomic E-state index is -0.0990. The highest BCUT2D eigenvalue weighted by molar-refractivity contribution is 5.52. The maximum atomic E-state index is 9.90. The molecule has 0 fully saturated rings. The quantitative estimate of drug-likeness (QED) is 0.687. The molecule has 26 heavy (non-hydrogen) atoms. The Morgan fingerprint density at radius 1 is 1.12 bits per heavy atom. The van der Waals surface area contributed by atoms with Crippen LogP contribution in [0.4, 0.5) is 0 Å². The number of rotatable bonds is 6. The largest absolute Gasteiger partial charge is 0.504 e. The minimum Gasteiger partial charge on any atom is -0.504 e. The summed E-state index contributed by atoms with van der Waals surface area (Å²) in [4.78, 5) is 0. The van der Waals surface area contributed by atoms with Crippen LogP contribution in [-0.2, 0) is 6.42 Å². The molecule has 3 N–H and O–H groups in total. The van der Waals surface area contributed by atoms with Crippen LogP contribution in [0.3, 0.4) is 0 Å². The fraction of sp³-hybridized carbons (Fsp3) is 0.429. The minimum absolute atomic E-state index is 0.0659. The van der Waals surface area contributed by atoms with Crippen molar-refractivity contribution >= 4 is 0 Å². The van der Waals surface area contributed by atoms with Gasteiger partial charge in [0.05, 0.1) is 19.8 Å². The van der Waals surface area contributed by atoms with Gasteiger partial charge in [0.2, 0.25) is 0 Å². The summed E-state index contributed by atoms with van der Waals surface area (Å²) < 4.78 is 11.4. The Morgan fingerprint density at radius 2 is 1.88 bits per heavy atom. The summed E-state index contributed by atoms with van der Waals surface area (Å²) in [6, 6.07) is 9.15. The summed E-state index contributed by atoms with van der Waals surface area (Å²) in [6.45, 7) is 5.80. The van der Waals surface area contributed by atoms with Gasteiger partial charge in [-0.3, -0.25) is 0 Å². The topological polar surface area (TPSA) is 71.0 Å². The lowest BCUT2D eigenvalue weighted by Gasteiger charge is -2.28. The van der Waals surface area contributed by atoms with Crippen molar-refractivity contribution in [2.75, 3.05) is 20.3 Å². The Morgan fingerprint density at radius 3 is 2.62 bits per heavy atom. The fourth-order valence-corrected chi connectivity index (χ4v) is 3.27. The SMILES string of the molecule is COc1cc(C2NCCc3cc(O)c(O)cc32)ccc1OCCC(C)C. The van der Waals surface area contributed by atoms with Crippen molar-refractivity contribution in [3.8, 4) is 23.0 Å². The second-order valence-electron chi connectivity index (χ2n) is 7.12. The Hall–Kier alpha value is -2.40. The van der Waals surface area contributed by atoms with Crippen LogP contribution in [0, 0.1) is 5.92 Å². The van der Waals surface area contributed by atoms with E-state index in [2.05, 4.69) is 19.2 Å². The third-order valence-corrected chi connectivity index (χ3v) is 4.76. The first-order valence-corrected chi connectivity index (χ1v) is 9.08. The molecule has 0 saturated carbocycles. The van der Waals surface area contributed by atoms with E-state index in [9.17, 15) is 10.2 Å². The normalized spacial score (nSPS) is 16.4. The third kappa shape index (κ3) is 3.88. The second-order valence-corrected chi connectivity index (χ2v) is 7.12. The monoisotopic (exact) mass is 357 g/mol. The number of hydrogen-bond donors (Lipinski definition) is 3. The summed E-state index contributed by atoms with van der Waals surface area (Å²) in [7, 11) is 1.64. The zero-order valence-electron chi connectivity index (χ0n) is 15.6. The predicted molar refractivity (Wildman–Crippen MR) is 101 cm³/mol. The van der Waals surface area contributed by atoms with Crippen LogP contribution in [0.1, 0.15) is 43.0 Å². The molecule has 0 amide bonds. The summed E-state index contributed by atoms with van der Waals surface area (Å²) in [5.41, 5.74) is 3.05. The van der Waals surface area contributed by atoms with E-state index in [4.69, 9.17) is 9.47 Å². The van der Waals surface area contributed by atoms with Gasteiger partial charge in [-0.05, 0) is 59.7 Å². The van der Waals surface area contributed by atoms with Gasteiger partial charge in [0.15, 0.2) is 23.0 Å². The average Bonchev–Trinajstić information content (AvgIpc) is 2.62. The Kier molecular flexibility index (Phi) is 5.57. The Labute approximate surface area is 154 Å². The van der Waals surface area contributed by atoms with Gasteiger partial charge in [-0.25, -0.2) is 0 Å². The smallest absolute Gasteiger partial charge is 0.161 e. The summed E-state index contributed by atoms with van der Waals surface area (Å²) in [6.07, 6.45) is 1.80. The number of fused-ring (bicyclic) bond motifs is 1. The number of hydrogen-bond acceptors (Lipinski definition) is 5. The van der Waals surface area contributed by atoms with Gasteiger partial charge in [-0.2, -0.15) is 0 Å². The molecule has 1 unspecified atom stereocenters. The highest BCUT2D eigenvalue weighted by atomic mass is 16.5. The van der Waals surface area contributed by atoms with Crippen molar-refractivity contribution in [2.24, 2.45) is 5.92 Å². The number of benzene rings is 2. The van der Waals surface area contributed by atoms with E-state index in [1.807, 2.05) is 18.2 Å². The predicted octanol–water partition coefficient (Wildman–Crippen LogP) is 3.77. The van der Waals surface area contributed by atoms with Gasteiger partial charge >= 0.3 is 0 Å². The first-order chi connectivity index (χ1) is 12.5. The molecule has 1 heterocycles. The van der Waals surface area contributed by atoms with Gasteiger partial charge in [-0.1, -0.05) is 19.9 Å². The molecule has 5 heteroatoms. The van der Waals surface area contributed by atoms with Crippen molar-refractivity contribution in [3.63, 3.8) is 0 Å². The van der Waals surface area contributed by atoms with Crippen LogP contribution in [-0.4, -0.2) is 30.5 Å². The van der Waals surface area contributed by atoms with Crippen molar-refractivity contribution in [2.45, 2.75) is 32.7 Å². The Balaban J connectivity index is 1.88. The van der Waals surface area contributed by atoms with Crippen LogP contribution < -0.4 is 14.8 Å². The molecule has 1 aliphatic heterocycles. The molecule has 5 nitrogen and oxygen atoms in total. The van der Waals surface area contributed by atoms with Crippen LogP contribution in [0.15, 0.2) is 30.3 Å². The molecule has 1 atom stereocenters. The molecule has 2 aromatic carbocycles. The van der Waals surface area contributed by atoms with Crippen LogP contribution in [0.25, 0.3) is 0 Å². The lowest BCUT2D eigenvalue weighted by Crippen LogP contribution is -2.30. The van der Waals surface area contributed by atoms with Crippen molar-refractivity contribution in [1.82, 2.24) is 5.32 Å². The molecule has 0 spiro atoms. The summed E-state index contributed by atoms with van der Waals surface area (Å²) >= 11 is 0. The third-order valence-electron chi connectivity index (χ3n) is 4.76. The molecular formula is C21H27NO4. The lowest BCUT2D eigenvalue weighted by molar-refractivity contribution is 0.272.